The van der Waals surface area contributed by atoms with Crippen LogP contribution in [-0.4, -0.2) is 36.7 Å². The van der Waals surface area contributed by atoms with Gasteiger partial charge in [-0.2, -0.15) is 0 Å². The molecule has 138 valence electrons. The van der Waals surface area contributed by atoms with Crippen molar-refractivity contribution in [1.29, 1.82) is 0 Å². The number of hydrogen-bond acceptors (Lipinski definition) is 7. The van der Waals surface area contributed by atoms with Gasteiger partial charge < -0.3 is 14.2 Å². The zero-order chi connectivity index (χ0) is 18.7. The predicted molar refractivity (Wildman–Crippen MR) is 89.2 cm³/mol. The Balaban J connectivity index is 2.10. The monoisotopic (exact) mass is 353 g/mol. The number of nitro benzene ring substituents is 1. The Morgan fingerprint density at radius 3 is 2.20 bits per heavy atom. The van der Waals surface area contributed by atoms with Crippen molar-refractivity contribution in [3.63, 3.8) is 0 Å². The maximum Gasteiger partial charge on any atom is 0.305 e. The van der Waals surface area contributed by atoms with Gasteiger partial charge in [-0.1, -0.05) is 13.8 Å². The fourth-order valence-electron chi connectivity index (χ4n) is 1.76. The van der Waals surface area contributed by atoms with Gasteiger partial charge in [0.25, 0.3) is 5.69 Å². The Labute approximate surface area is 146 Å². The van der Waals surface area contributed by atoms with Crippen LogP contribution in [0, 0.1) is 16.0 Å². The second kappa shape index (κ2) is 11.0. The molecule has 0 saturated carbocycles. The maximum absolute atomic E-state index is 11.5. The zero-order valence-corrected chi connectivity index (χ0v) is 14.4. The molecule has 0 spiro atoms. The van der Waals surface area contributed by atoms with Gasteiger partial charge in [-0.05, 0) is 24.5 Å². The Morgan fingerprint density at radius 1 is 1.04 bits per heavy atom. The molecule has 0 atom stereocenters. The molecule has 0 radical (unpaired) electrons. The summed E-state index contributed by atoms with van der Waals surface area (Å²) in [5, 5.41) is 10.5. The van der Waals surface area contributed by atoms with Gasteiger partial charge in [0.1, 0.15) is 19.0 Å². The van der Waals surface area contributed by atoms with Crippen LogP contribution >= 0.6 is 0 Å². The maximum atomic E-state index is 11.5. The van der Waals surface area contributed by atoms with Crippen LogP contribution in [0.3, 0.4) is 0 Å². The fourth-order valence-corrected chi connectivity index (χ4v) is 1.76. The molecule has 0 N–H and O–H groups in total. The van der Waals surface area contributed by atoms with Crippen molar-refractivity contribution in [2.75, 3.05) is 19.8 Å². The first-order chi connectivity index (χ1) is 11.9. The molecule has 1 aromatic carbocycles. The highest BCUT2D eigenvalue weighted by Crippen LogP contribution is 2.17. The van der Waals surface area contributed by atoms with E-state index in [9.17, 15) is 19.7 Å². The number of nitro groups is 1. The molecular weight excluding hydrogens is 330 g/mol. The van der Waals surface area contributed by atoms with E-state index in [1.165, 1.54) is 24.3 Å². The van der Waals surface area contributed by atoms with Crippen molar-refractivity contribution >= 4 is 17.6 Å². The minimum absolute atomic E-state index is 0.0225. The van der Waals surface area contributed by atoms with Gasteiger partial charge in [-0.15, -0.1) is 0 Å². The van der Waals surface area contributed by atoms with E-state index in [0.29, 0.717) is 18.8 Å². The second-order valence-corrected chi connectivity index (χ2v) is 5.75. The molecule has 25 heavy (non-hydrogen) atoms. The van der Waals surface area contributed by atoms with Crippen molar-refractivity contribution in [2.45, 2.75) is 33.1 Å². The molecule has 1 aromatic rings. The number of carbonyl (C=O) groups is 2. The standard InChI is InChI=1S/C17H23NO7/c1-13(2)12-25-17(20)5-3-4-16(19)24-11-10-23-15-8-6-14(7-9-15)18(21)22/h6-9,13H,3-5,10-12H2,1-2H3. The third-order valence-electron chi connectivity index (χ3n) is 3.00. The Morgan fingerprint density at radius 2 is 1.64 bits per heavy atom. The van der Waals surface area contributed by atoms with E-state index in [0.717, 1.165) is 0 Å². The average molecular weight is 353 g/mol. The number of non-ortho nitro benzene ring substituents is 1. The topological polar surface area (TPSA) is 105 Å². The molecule has 0 amide bonds. The first-order valence-electron chi connectivity index (χ1n) is 8.07. The summed E-state index contributed by atoms with van der Waals surface area (Å²) in [7, 11) is 0. The minimum atomic E-state index is -0.496. The molecule has 8 heteroatoms. The van der Waals surface area contributed by atoms with Crippen molar-refractivity contribution < 1.29 is 28.7 Å². The van der Waals surface area contributed by atoms with Gasteiger partial charge in [-0.25, -0.2) is 0 Å². The van der Waals surface area contributed by atoms with E-state index >= 15 is 0 Å². The molecule has 0 aromatic heterocycles. The van der Waals surface area contributed by atoms with Crippen LogP contribution in [0.1, 0.15) is 33.1 Å². The van der Waals surface area contributed by atoms with E-state index in [1.807, 2.05) is 13.8 Å². The summed E-state index contributed by atoms with van der Waals surface area (Å²) in [4.78, 5) is 32.9. The minimum Gasteiger partial charge on any atom is -0.490 e. The summed E-state index contributed by atoms with van der Waals surface area (Å²) in [6.45, 7) is 4.48. The van der Waals surface area contributed by atoms with E-state index in [1.54, 1.807) is 0 Å². The summed E-state index contributed by atoms with van der Waals surface area (Å²) in [6, 6.07) is 5.62. The Hall–Kier alpha value is -2.64. The van der Waals surface area contributed by atoms with E-state index in [2.05, 4.69) is 0 Å². The Kier molecular flexibility index (Phi) is 8.99. The molecule has 0 saturated heterocycles. The summed E-state index contributed by atoms with van der Waals surface area (Å²) in [5.74, 6) is 0.00572. The molecule has 0 heterocycles. The quantitative estimate of drug-likeness (QED) is 0.261. The van der Waals surface area contributed by atoms with E-state index in [-0.39, 0.29) is 43.6 Å². The summed E-state index contributed by atoms with van der Waals surface area (Å²) < 4.78 is 15.3. The van der Waals surface area contributed by atoms with Crippen molar-refractivity contribution in [3.8, 4) is 5.75 Å². The van der Waals surface area contributed by atoms with Crippen LogP contribution in [0.4, 0.5) is 5.69 Å². The number of carbonyl (C=O) groups excluding carboxylic acids is 2. The van der Waals surface area contributed by atoms with Crippen LogP contribution in [-0.2, 0) is 19.1 Å². The van der Waals surface area contributed by atoms with Crippen LogP contribution in [0.25, 0.3) is 0 Å². The molecule has 1 rings (SSSR count). The van der Waals surface area contributed by atoms with Gasteiger partial charge in [0.05, 0.1) is 11.5 Å². The molecule has 0 aliphatic rings. The first kappa shape index (κ1) is 20.4. The largest absolute Gasteiger partial charge is 0.490 e. The highest BCUT2D eigenvalue weighted by molar-refractivity contribution is 5.72. The van der Waals surface area contributed by atoms with Crippen molar-refractivity contribution in [2.24, 2.45) is 5.92 Å². The molecule has 0 bridgehead atoms. The van der Waals surface area contributed by atoms with Crippen LogP contribution < -0.4 is 4.74 Å². The number of benzene rings is 1. The number of hydrogen-bond donors (Lipinski definition) is 0. The summed E-state index contributed by atoms with van der Waals surface area (Å²) in [5.41, 5.74) is -0.0225. The normalized spacial score (nSPS) is 10.4. The van der Waals surface area contributed by atoms with Gasteiger partial charge in [0.15, 0.2) is 0 Å². The van der Waals surface area contributed by atoms with E-state index in [4.69, 9.17) is 14.2 Å². The van der Waals surface area contributed by atoms with Crippen LogP contribution in [0.2, 0.25) is 0 Å². The lowest BCUT2D eigenvalue weighted by Gasteiger charge is -2.08. The molecule has 0 fully saturated rings. The third kappa shape index (κ3) is 9.29. The molecule has 0 unspecified atom stereocenters. The highest BCUT2D eigenvalue weighted by Gasteiger charge is 2.08. The van der Waals surface area contributed by atoms with Crippen LogP contribution in [0.5, 0.6) is 5.75 Å². The highest BCUT2D eigenvalue weighted by atomic mass is 16.6. The number of nitrogens with zero attached hydrogens (tertiary/aromatic N) is 1. The number of esters is 2. The van der Waals surface area contributed by atoms with Gasteiger partial charge in [0.2, 0.25) is 0 Å². The fraction of sp³-hybridized carbons (Fsp3) is 0.529. The molecular formula is C17H23NO7. The van der Waals surface area contributed by atoms with E-state index < -0.39 is 10.9 Å². The van der Waals surface area contributed by atoms with Crippen LogP contribution in [0.15, 0.2) is 24.3 Å². The number of ether oxygens (including phenoxy) is 3. The lowest BCUT2D eigenvalue weighted by molar-refractivity contribution is -0.384. The van der Waals surface area contributed by atoms with Crippen molar-refractivity contribution in [1.82, 2.24) is 0 Å². The van der Waals surface area contributed by atoms with Gasteiger partial charge in [0, 0.05) is 25.0 Å². The average Bonchev–Trinajstić information content (AvgIpc) is 2.57. The summed E-state index contributed by atoms with van der Waals surface area (Å²) >= 11 is 0. The summed E-state index contributed by atoms with van der Waals surface area (Å²) in [6.07, 6.45) is 0.689. The van der Waals surface area contributed by atoms with Crippen molar-refractivity contribution in [3.05, 3.63) is 34.4 Å². The molecule has 8 nitrogen and oxygen atoms in total. The first-order valence-corrected chi connectivity index (χ1v) is 8.07. The smallest absolute Gasteiger partial charge is 0.305 e. The Bertz CT molecular complexity index is 569. The van der Waals surface area contributed by atoms with Gasteiger partial charge >= 0.3 is 11.9 Å². The lowest BCUT2D eigenvalue weighted by atomic mass is 10.2. The zero-order valence-electron chi connectivity index (χ0n) is 14.4. The third-order valence-corrected chi connectivity index (χ3v) is 3.00. The molecule has 0 aliphatic heterocycles. The molecule has 0 aliphatic carbocycles. The second-order valence-electron chi connectivity index (χ2n) is 5.75. The predicted octanol–water partition coefficient (Wildman–Crippen LogP) is 2.89. The van der Waals surface area contributed by atoms with Gasteiger partial charge in [-0.3, -0.25) is 19.7 Å². The lowest BCUT2D eigenvalue weighted by Crippen LogP contribution is -2.13. The number of rotatable bonds is 11. The SMILES string of the molecule is CC(C)COC(=O)CCCC(=O)OCCOc1ccc([N+](=O)[O-])cc1.